The van der Waals surface area contributed by atoms with Crippen molar-refractivity contribution in [2.45, 2.75) is 24.7 Å². The minimum absolute atomic E-state index is 0.0130. The molecule has 0 radical (unpaired) electrons. The van der Waals surface area contributed by atoms with E-state index in [9.17, 15) is 8.42 Å². The van der Waals surface area contributed by atoms with Gasteiger partial charge < -0.3 is 0 Å². The molecule has 0 bridgehead atoms. The van der Waals surface area contributed by atoms with Crippen molar-refractivity contribution in [2.24, 2.45) is 11.8 Å². The van der Waals surface area contributed by atoms with Gasteiger partial charge >= 0.3 is 0 Å². The lowest BCUT2D eigenvalue weighted by molar-refractivity contribution is 0.491. The fourth-order valence-corrected chi connectivity index (χ4v) is 3.32. The molecule has 1 atom stereocenters. The topological polar surface area (TPSA) is 59.1 Å². The van der Waals surface area contributed by atoms with Crippen LogP contribution in [0.3, 0.4) is 0 Å². The molecule has 0 spiro atoms. The number of nitrogens with zero attached hydrogens (tertiary/aromatic N) is 1. The summed E-state index contributed by atoms with van der Waals surface area (Å²) < 4.78 is 26.5. The summed E-state index contributed by atoms with van der Waals surface area (Å²) in [5.41, 5.74) is 0. The zero-order valence-corrected chi connectivity index (χ0v) is 11.1. The maximum Gasteiger partial charge on any atom is 0.243 e. The Hall–Kier alpha value is -0.650. The summed E-state index contributed by atoms with van der Waals surface area (Å²) in [7, 11) is -3.54. The van der Waals surface area contributed by atoms with Crippen LogP contribution in [0, 0.1) is 11.8 Å². The maximum absolute atomic E-state index is 12.0. The van der Waals surface area contributed by atoms with Crippen LogP contribution >= 0.6 is 11.6 Å². The average Bonchev–Trinajstić information content (AvgIpc) is 3.10. The Morgan fingerprint density at radius 2 is 2.29 bits per heavy atom. The third-order valence-corrected chi connectivity index (χ3v) is 4.90. The highest BCUT2D eigenvalue weighted by Crippen LogP contribution is 2.36. The molecule has 1 aliphatic rings. The Balaban J connectivity index is 2.05. The van der Waals surface area contributed by atoms with E-state index in [1.165, 1.54) is 25.1 Å². The highest BCUT2D eigenvalue weighted by molar-refractivity contribution is 7.89. The molecule has 0 aromatic carbocycles. The van der Waals surface area contributed by atoms with Gasteiger partial charge in [-0.3, -0.25) is 0 Å². The lowest BCUT2D eigenvalue weighted by atomic mass is 10.1. The molecule has 1 aromatic rings. The molecule has 4 nitrogen and oxygen atoms in total. The van der Waals surface area contributed by atoms with Gasteiger partial charge in [0.2, 0.25) is 10.0 Å². The second-order valence-electron chi connectivity index (χ2n) is 4.46. The Kier molecular flexibility index (Phi) is 3.70. The van der Waals surface area contributed by atoms with Crippen LogP contribution in [-0.4, -0.2) is 19.9 Å². The van der Waals surface area contributed by atoms with E-state index >= 15 is 0 Å². The van der Waals surface area contributed by atoms with Crippen molar-refractivity contribution in [1.29, 1.82) is 0 Å². The molecule has 1 aliphatic carbocycles. The van der Waals surface area contributed by atoms with Gasteiger partial charge in [-0.1, -0.05) is 18.5 Å². The number of nitrogens with one attached hydrogen (secondary N) is 1. The predicted octanol–water partition coefficient (Wildman–Crippen LogP) is 2.06. The molecule has 17 heavy (non-hydrogen) atoms. The van der Waals surface area contributed by atoms with Crippen molar-refractivity contribution in [3.8, 4) is 0 Å². The van der Waals surface area contributed by atoms with E-state index in [-0.39, 0.29) is 10.0 Å². The van der Waals surface area contributed by atoms with Crippen molar-refractivity contribution in [3.05, 3.63) is 23.5 Å². The van der Waals surface area contributed by atoms with Crippen LogP contribution in [0.4, 0.5) is 0 Å². The van der Waals surface area contributed by atoms with Gasteiger partial charge in [-0.15, -0.1) is 0 Å². The standard InChI is InChI=1S/C11H15ClN2O2S/c1-8(9-4-5-9)7-14-17(15,16)10-3-2-6-13-11(10)12/h2-3,6,8-9,14H,4-5,7H2,1H3. The van der Waals surface area contributed by atoms with Crippen LogP contribution in [0.5, 0.6) is 0 Å². The van der Waals surface area contributed by atoms with Crippen LogP contribution in [0.1, 0.15) is 19.8 Å². The molecule has 0 aliphatic heterocycles. The quantitative estimate of drug-likeness (QED) is 0.836. The van der Waals surface area contributed by atoms with E-state index in [0.29, 0.717) is 18.4 Å². The first-order chi connectivity index (χ1) is 8.00. The van der Waals surface area contributed by atoms with Crippen molar-refractivity contribution >= 4 is 21.6 Å². The second kappa shape index (κ2) is 4.92. The van der Waals surface area contributed by atoms with E-state index in [0.717, 1.165) is 0 Å². The molecule has 1 saturated carbocycles. The van der Waals surface area contributed by atoms with Crippen LogP contribution < -0.4 is 4.72 Å². The normalized spacial score (nSPS) is 18.0. The number of rotatable bonds is 5. The van der Waals surface area contributed by atoms with Gasteiger partial charge in [-0.2, -0.15) is 0 Å². The van der Waals surface area contributed by atoms with Gasteiger partial charge in [0.05, 0.1) is 0 Å². The fourth-order valence-electron chi connectivity index (χ4n) is 1.72. The minimum atomic E-state index is -3.54. The summed E-state index contributed by atoms with van der Waals surface area (Å²) in [4.78, 5) is 3.81. The van der Waals surface area contributed by atoms with Gasteiger partial charge in [0.25, 0.3) is 0 Å². The Morgan fingerprint density at radius 1 is 1.59 bits per heavy atom. The highest BCUT2D eigenvalue weighted by atomic mass is 35.5. The van der Waals surface area contributed by atoms with Crippen LogP contribution in [0.25, 0.3) is 0 Å². The average molecular weight is 275 g/mol. The molecule has 2 rings (SSSR count). The Labute approximate surface area is 106 Å². The van der Waals surface area contributed by atoms with Crippen molar-refractivity contribution in [3.63, 3.8) is 0 Å². The molecular formula is C11H15ClN2O2S. The molecule has 1 fully saturated rings. The first-order valence-electron chi connectivity index (χ1n) is 5.61. The zero-order valence-electron chi connectivity index (χ0n) is 9.56. The van der Waals surface area contributed by atoms with Crippen LogP contribution in [-0.2, 0) is 10.0 Å². The number of sulfonamides is 1. The van der Waals surface area contributed by atoms with Gasteiger partial charge in [0.15, 0.2) is 0 Å². The number of hydrogen-bond donors (Lipinski definition) is 1. The summed E-state index contributed by atoms with van der Waals surface area (Å²) in [6.07, 6.45) is 3.88. The number of halogens is 1. The molecular weight excluding hydrogens is 260 g/mol. The van der Waals surface area contributed by atoms with E-state index in [1.54, 1.807) is 6.07 Å². The van der Waals surface area contributed by atoms with E-state index in [4.69, 9.17) is 11.6 Å². The van der Waals surface area contributed by atoms with Crippen LogP contribution in [0.2, 0.25) is 5.15 Å². The maximum atomic E-state index is 12.0. The first kappa shape index (κ1) is 12.8. The predicted molar refractivity (Wildman–Crippen MR) is 66.3 cm³/mol. The van der Waals surface area contributed by atoms with Gasteiger partial charge in [0.1, 0.15) is 10.0 Å². The van der Waals surface area contributed by atoms with Crippen molar-refractivity contribution in [2.75, 3.05) is 6.54 Å². The second-order valence-corrected chi connectivity index (χ2v) is 6.55. The summed E-state index contributed by atoms with van der Waals surface area (Å²) >= 11 is 5.77. The van der Waals surface area contributed by atoms with Crippen LogP contribution in [0.15, 0.2) is 23.2 Å². The highest BCUT2D eigenvalue weighted by Gasteiger charge is 2.29. The molecule has 0 amide bonds. The summed E-state index contributed by atoms with van der Waals surface area (Å²) in [5.74, 6) is 1.04. The van der Waals surface area contributed by atoms with Gasteiger partial charge in [-0.25, -0.2) is 18.1 Å². The number of aromatic nitrogens is 1. The van der Waals surface area contributed by atoms with E-state index in [2.05, 4.69) is 16.6 Å². The van der Waals surface area contributed by atoms with Crippen molar-refractivity contribution in [1.82, 2.24) is 9.71 Å². The SMILES string of the molecule is CC(CNS(=O)(=O)c1cccnc1Cl)C1CC1. The molecule has 1 aromatic heterocycles. The van der Waals surface area contributed by atoms with E-state index in [1.807, 2.05) is 0 Å². The lowest BCUT2D eigenvalue weighted by Gasteiger charge is -2.12. The Morgan fingerprint density at radius 3 is 2.88 bits per heavy atom. The third-order valence-electron chi connectivity index (χ3n) is 3.04. The molecule has 6 heteroatoms. The van der Waals surface area contributed by atoms with Gasteiger partial charge in [-0.05, 0) is 36.8 Å². The lowest BCUT2D eigenvalue weighted by Crippen LogP contribution is -2.29. The minimum Gasteiger partial charge on any atom is -0.243 e. The van der Waals surface area contributed by atoms with E-state index < -0.39 is 10.0 Å². The first-order valence-corrected chi connectivity index (χ1v) is 7.47. The molecule has 1 unspecified atom stereocenters. The molecule has 1 heterocycles. The zero-order chi connectivity index (χ0) is 12.5. The fraction of sp³-hybridized carbons (Fsp3) is 0.545. The monoisotopic (exact) mass is 274 g/mol. The molecule has 0 saturated heterocycles. The molecule has 1 N–H and O–H groups in total. The van der Waals surface area contributed by atoms with Crippen molar-refractivity contribution < 1.29 is 8.42 Å². The number of hydrogen-bond acceptors (Lipinski definition) is 3. The summed E-state index contributed by atoms with van der Waals surface area (Å²) in [6.45, 7) is 2.52. The summed E-state index contributed by atoms with van der Waals surface area (Å²) in [6, 6.07) is 3.02. The smallest absolute Gasteiger partial charge is 0.243 e. The number of pyridine rings is 1. The summed E-state index contributed by atoms with van der Waals surface area (Å²) in [5, 5.41) is 0.0130. The Bertz CT molecular complexity index is 500. The van der Waals surface area contributed by atoms with Gasteiger partial charge in [0, 0.05) is 12.7 Å². The third kappa shape index (κ3) is 3.18. The molecule has 94 valence electrons. The largest absolute Gasteiger partial charge is 0.243 e.